The molecule has 5 nitrogen and oxygen atoms in total. The van der Waals surface area contributed by atoms with Gasteiger partial charge in [0.15, 0.2) is 0 Å². The van der Waals surface area contributed by atoms with Crippen molar-refractivity contribution in [2.45, 2.75) is 42.1 Å². The maximum absolute atomic E-state index is 12.1. The minimum absolute atomic E-state index is 0.00212. The second-order valence-corrected chi connectivity index (χ2v) is 11.2. The van der Waals surface area contributed by atoms with Crippen LogP contribution in [0.5, 0.6) is 0 Å². The first-order valence-corrected chi connectivity index (χ1v) is 11.7. The zero-order valence-electron chi connectivity index (χ0n) is 14.7. The van der Waals surface area contributed by atoms with E-state index in [9.17, 15) is 13.9 Å². The van der Waals surface area contributed by atoms with Crippen molar-refractivity contribution in [2.24, 2.45) is 5.73 Å². The number of nitrogens with one attached hydrogen (secondary N) is 1. The molecule has 0 saturated carbocycles. The van der Waals surface area contributed by atoms with Gasteiger partial charge in [-0.25, -0.2) is 0 Å². The number of nitrogens with two attached hydrogens (primary N) is 1. The predicted octanol–water partition coefficient (Wildman–Crippen LogP) is 5.15. The summed E-state index contributed by atoms with van der Waals surface area (Å²) in [6.07, 6.45) is 5.37. The molecule has 2 unspecified atom stereocenters. The quantitative estimate of drug-likeness (QED) is 0.487. The van der Waals surface area contributed by atoms with Crippen molar-refractivity contribution in [3.05, 3.63) is 47.0 Å². The molecule has 0 radical (unpaired) electrons. The third-order valence-corrected chi connectivity index (χ3v) is 9.96. The molecule has 2 bridgehead atoms. The number of primary amides is 1. The molecule has 7 heteroatoms. The van der Waals surface area contributed by atoms with Gasteiger partial charge < -0.3 is 10.7 Å². The molecule has 5 rings (SSSR count). The van der Waals surface area contributed by atoms with E-state index in [0.717, 1.165) is 52.6 Å². The molecule has 2 fully saturated rings. The summed E-state index contributed by atoms with van der Waals surface area (Å²) in [4.78, 5) is 16.4. The molecule has 1 aromatic carbocycles. The number of rotatable bonds is 3. The fourth-order valence-corrected chi connectivity index (χ4v) is 8.12. The Morgan fingerprint density at radius 3 is 2.59 bits per heavy atom. The molecule has 27 heavy (non-hydrogen) atoms. The van der Waals surface area contributed by atoms with Crippen LogP contribution in [0.3, 0.4) is 0 Å². The number of aromatic nitrogens is 1. The van der Waals surface area contributed by atoms with E-state index in [1.54, 1.807) is 11.3 Å². The van der Waals surface area contributed by atoms with Crippen molar-refractivity contribution in [1.29, 1.82) is 0 Å². The van der Waals surface area contributed by atoms with E-state index in [1.165, 1.54) is 0 Å². The minimum atomic E-state index is -2.45. The lowest BCUT2D eigenvalue weighted by molar-refractivity contribution is 0.100. The van der Waals surface area contributed by atoms with Crippen LogP contribution in [0.1, 0.15) is 47.5 Å². The Morgan fingerprint density at radius 2 is 1.96 bits per heavy atom. The monoisotopic (exact) mass is 402 g/mol. The normalized spacial score (nSPS) is 27.7. The minimum Gasteiger partial charge on any atom is -0.366 e. The van der Waals surface area contributed by atoms with Crippen LogP contribution in [-0.4, -0.2) is 30.5 Å². The van der Waals surface area contributed by atoms with Crippen molar-refractivity contribution < 1.29 is 13.9 Å². The number of amides is 1. The van der Waals surface area contributed by atoms with Crippen LogP contribution in [-0.2, 0) is 0 Å². The molecule has 4 heterocycles. The molecule has 142 valence electrons. The van der Waals surface area contributed by atoms with Crippen LogP contribution in [0.15, 0.2) is 35.8 Å². The van der Waals surface area contributed by atoms with E-state index in [0.29, 0.717) is 5.56 Å². The van der Waals surface area contributed by atoms with Gasteiger partial charge in [-0.2, -0.15) is 10.6 Å². The average molecular weight is 403 g/mol. The molecular formula is C20H22N2O3S2. The summed E-state index contributed by atoms with van der Waals surface area (Å²) < 4.78 is 20.9. The van der Waals surface area contributed by atoms with E-state index >= 15 is 0 Å². The maximum atomic E-state index is 12.1. The van der Waals surface area contributed by atoms with E-state index < -0.39 is 16.5 Å². The number of hydrogen-bond donors (Lipinski definition) is 4. The summed E-state index contributed by atoms with van der Waals surface area (Å²) in [5.41, 5.74) is 9.11. The highest BCUT2D eigenvalue weighted by Gasteiger charge is 2.47. The van der Waals surface area contributed by atoms with E-state index in [4.69, 9.17) is 5.73 Å². The molecule has 2 aliphatic rings. The lowest BCUT2D eigenvalue weighted by Gasteiger charge is -2.46. The summed E-state index contributed by atoms with van der Waals surface area (Å²) >= 11 is 1.63. The molecule has 2 atom stereocenters. The smallest absolute Gasteiger partial charge is 0.250 e. The van der Waals surface area contributed by atoms with Crippen molar-refractivity contribution in [2.75, 3.05) is 0 Å². The van der Waals surface area contributed by atoms with Gasteiger partial charge in [-0.3, -0.25) is 13.9 Å². The summed E-state index contributed by atoms with van der Waals surface area (Å²) in [5.74, 6) is -0.166. The lowest BCUT2D eigenvalue weighted by atomic mass is 9.89. The van der Waals surface area contributed by atoms with Crippen LogP contribution in [0, 0.1) is 0 Å². The zero-order chi connectivity index (χ0) is 18.8. The van der Waals surface area contributed by atoms with Gasteiger partial charge in [0.05, 0.1) is 11.1 Å². The zero-order valence-corrected chi connectivity index (χ0v) is 16.4. The third kappa shape index (κ3) is 2.64. The van der Waals surface area contributed by atoms with E-state index in [-0.39, 0.29) is 16.4 Å². The average Bonchev–Trinajstić information content (AvgIpc) is 3.31. The van der Waals surface area contributed by atoms with Crippen LogP contribution < -0.4 is 5.73 Å². The molecule has 0 aliphatic carbocycles. The van der Waals surface area contributed by atoms with Gasteiger partial charge in [-0.1, -0.05) is 6.07 Å². The number of thiophene rings is 1. The number of carbonyl (C=O) groups is 1. The molecular weight excluding hydrogens is 380 g/mol. The first kappa shape index (κ1) is 17.3. The first-order chi connectivity index (χ1) is 12.9. The molecule has 3 aromatic rings. The van der Waals surface area contributed by atoms with Crippen molar-refractivity contribution >= 4 is 38.7 Å². The third-order valence-electron chi connectivity index (χ3n) is 6.22. The lowest BCUT2D eigenvalue weighted by Crippen LogP contribution is -2.28. The second-order valence-electron chi connectivity index (χ2n) is 7.66. The van der Waals surface area contributed by atoms with E-state index in [1.807, 2.05) is 29.8 Å². The molecule has 2 saturated heterocycles. The largest absolute Gasteiger partial charge is 0.366 e. The number of benzene rings is 1. The van der Waals surface area contributed by atoms with Gasteiger partial charge >= 0.3 is 0 Å². The topological polar surface area (TPSA) is 99.3 Å². The van der Waals surface area contributed by atoms with E-state index in [2.05, 4.69) is 11.1 Å². The van der Waals surface area contributed by atoms with Gasteiger partial charge in [0, 0.05) is 27.0 Å². The Bertz CT molecular complexity index is 1010. The van der Waals surface area contributed by atoms with Crippen LogP contribution >= 0.6 is 21.9 Å². The Hall–Kier alpha value is -1.80. The maximum Gasteiger partial charge on any atom is 0.250 e. The molecule has 1 amide bonds. The highest BCUT2D eigenvalue weighted by atomic mass is 32.3. The van der Waals surface area contributed by atoms with Crippen LogP contribution in [0.25, 0.3) is 21.3 Å². The second kappa shape index (κ2) is 6.10. The molecule has 2 aliphatic heterocycles. The molecule has 5 N–H and O–H groups in total. The Morgan fingerprint density at radius 1 is 1.22 bits per heavy atom. The van der Waals surface area contributed by atoms with Crippen molar-refractivity contribution in [3.8, 4) is 10.4 Å². The highest BCUT2D eigenvalue weighted by molar-refractivity contribution is 8.25. The standard InChI is InChI=1S/C20H22N2O3S2/c21-20(23)16-9-12(18-2-1-5-26-18)8-15-17(10-22-19(15)16)11-6-13-3-4-14(7-11)27(13,24)25/h1-2,5,8-11,13-14,22,24-25H,3-4,6-7H2,(H2,21,23). The molecule has 0 spiro atoms. The van der Waals surface area contributed by atoms with Crippen molar-refractivity contribution in [1.82, 2.24) is 4.98 Å². The first-order valence-electron chi connectivity index (χ1n) is 9.19. The summed E-state index contributed by atoms with van der Waals surface area (Å²) in [6, 6.07) is 8.03. The number of fused-ring (bicyclic) bond motifs is 3. The fourth-order valence-electron chi connectivity index (χ4n) is 4.86. The van der Waals surface area contributed by atoms with Gasteiger partial charge in [0.2, 0.25) is 0 Å². The Labute approximate surface area is 162 Å². The molecule has 2 aromatic heterocycles. The number of hydrogen-bond acceptors (Lipinski definition) is 4. The predicted molar refractivity (Wildman–Crippen MR) is 112 cm³/mol. The summed E-state index contributed by atoms with van der Waals surface area (Å²) in [7, 11) is -2.45. The summed E-state index contributed by atoms with van der Waals surface area (Å²) in [5, 5.41) is 3.05. The van der Waals surface area contributed by atoms with Crippen LogP contribution in [0.2, 0.25) is 0 Å². The highest BCUT2D eigenvalue weighted by Crippen LogP contribution is 2.66. The SMILES string of the molecule is NC(=O)c1cc(-c2cccs2)cc2c(C3CC4CCC(C3)S4(O)O)c[nH]c12. The Kier molecular flexibility index (Phi) is 3.91. The summed E-state index contributed by atoms with van der Waals surface area (Å²) in [6.45, 7) is 0. The number of carbonyl (C=O) groups excluding carboxylic acids is 1. The van der Waals surface area contributed by atoms with Gasteiger partial charge in [0.25, 0.3) is 5.91 Å². The van der Waals surface area contributed by atoms with Crippen molar-refractivity contribution in [3.63, 3.8) is 0 Å². The number of aromatic amines is 1. The van der Waals surface area contributed by atoms with Gasteiger partial charge in [-0.05, 0) is 66.3 Å². The van der Waals surface area contributed by atoms with Crippen LogP contribution in [0.4, 0.5) is 0 Å². The fraction of sp³-hybridized carbons (Fsp3) is 0.350. The Balaban J connectivity index is 1.63. The van der Waals surface area contributed by atoms with Gasteiger partial charge in [0.1, 0.15) is 0 Å². The number of H-pyrrole nitrogens is 1. The van der Waals surface area contributed by atoms with Gasteiger partial charge in [-0.15, -0.1) is 11.3 Å².